The third kappa shape index (κ3) is 9.27. The molecule has 0 saturated heterocycles. The van der Waals surface area contributed by atoms with E-state index in [1.54, 1.807) is 0 Å². The first-order valence-electron chi connectivity index (χ1n) is 10.4. The Morgan fingerprint density at radius 3 is 1.88 bits per heavy atom. The van der Waals surface area contributed by atoms with E-state index in [4.69, 9.17) is 9.47 Å². The fourth-order valence-electron chi connectivity index (χ4n) is 3.45. The Morgan fingerprint density at radius 1 is 0.840 bits per heavy atom. The van der Waals surface area contributed by atoms with Gasteiger partial charge in [0.2, 0.25) is 0 Å². The summed E-state index contributed by atoms with van der Waals surface area (Å²) in [5, 5.41) is 0. The van der Waals surface area contributed by atoms with Crippen LogP contribution < -0.4 is 0 Å². The van der Waals surface area contributed by atoms with Crippen molar-refractivity contribution in [3.63, 3.8) is 0 Å². The minimum atomic E-state index is -0.305. The maximum absolute atomic E-state index is 12.4. The van der Waals surface area contributed by atoms with Crippen molar-refractivity contribution in [1.29, 1.82) is 0 Å². The highest BCUT2D eigenvalue weighted by Gasteiger charge is 2.37. The van der Waals surface area contributed by atoms with Gasteiger partial charge in [-0.15, -0.1) is 0 Å². The Bertz CT molecular complexity index is 378. The topological polar surface area (TPSA) is 52.6 Å². The van der Waals surface area contributed by atoms with E-state index in [1.807, 2.05) is 0 Å². The van der Waals surface area contributed by atoms with Gasteiger partial charge in [-0.05, 0) is 38.0 Å². The molecular weight excluding hydrogens is 316 g/mol. The van der Waals surface area contributed by atoms with Gasteiger partial charge in [-0.2, -0.15) is 0 Å². The van der Waals surface area contributed by atoms with E-state index < -0.39 is 0 Å². The van der Waals surface area contributed by atoms with E-state index in [1.165, 1.54) is 19.3 Å². The Morgan fingerprint density at radius 2 is 1.36 bits per heavy atom. The second-order valence-corrected chi connectivity index (χ2v) is 7.78. The standard InChI is InChI=1S/C21H38O4/c1-4-5-6-7-10-15-24-20(22)18-13-8-9-14-19(18)21(23)25-16-11-12-17(2)3/h17-19H,4-16H2,1-3H3. The second-order valence-electron chi connectivity index (χ2n) is 7.78. The molecule has 0 aromatic carbocycles. The van der Waals surface area contributed by atoms with Gasteiger partial charge in [0.05, 0.1) is 25.0 Å². The normalized spacial score (nSPS) is 20.5. The molecule has 0 radical (unpaired) electrons. The summed E-state index contributed by atoms with van der Waals surface area (Å²) in [5.41, 5.74) is 0. The van der Waals surface area contributed by atoms with Crippen LogP contribution in [0.4, 0.5) is 0 Å². The number of carbonyl (C=O) groups is 2. The first-order chi connectivity index (χ1) is 12.1. The third-order valence-electron chi connectivity index (χ3n) is 5.03. The van der Waals surface area contributed by atoms with Crippen LogP contribution in [-0.4, -0.2) is 25.2 Å². The number of rotatable bonds is 12. The lowest BCUT2D eigenvalue weighted by Crippen LogP contribution is -2.35. The molecule has 4 heteroatoms. The van der Waals surface area contributed by atoms with Gasteiger partial charge in [-0.3, -0.25) is 9.59 Å². The molecule has 0 spiro atoms. The summed E-state index contributed by atoms with van der Waals surface area (Å²) in [6.07, 6.45) is 11.1. The van der Waals surface area contributed by atoms with Crippen LogP contribution in [0.5, 0.6) is 0 Å². The van der Waals surface area contributed by atoms with Crippen molar-refractivity contribution in [3.05, 3.63) is 0 Å². The number of hydrogen-bond acceptors (Lipinski definition) is 4. The van der Waals surface area contributed by atoms with Gasteiger partial charge >= 0.3 is 11.9 Å². The highest BCUT2D eigenvalue weighted by Crippen LogP contribution is 2.32. The van der Waals surface area contributed by atoms with Crippen molar-refractivity contribution >= 4 is 11.9 Å². The number of hydrogen-bond donors (Lipinski definition) is 0. The summed E-state index contributed by atoms with van der Waals surface area (Å²) < 4.78 is 10.9. The molecule has 146 valence electrons. The fraction of sp³-hybridized carbons (Fsp3) is 0.905. The molecule has 4 nitrogen and oxygen atoms in total. The zero-order valence-corrected chi connectivity index (χ0v) is 16.6. The monoisotopic (exact) mass is 354 g/mol. The zero-order valence-electron chi connectivity index (χ0n) is 16.6. The molecule has 1 aliphatic rings. The van der Waals surface area contributed by atoms with Crippen molar-refractivity contribution in [2.75, 3.05) is 13.2 Å². The number of ether oxygens (including phenoxy) is 2. The zero-order chi connectivity index (χ0) is 18.5. The van der Waals surface area contributed by atoms with Crippen LogP contribution in [0.15, 0.2) is 0 Å². The third-order valence-corrected chi connectivity index (χ3v) is 5.03. The summed E-state index contributed by atoms with van der Waals surface area (Å²) >= 11 is 0. The first kappa shape index (κ1) is 22.0. The Balaban J connectivity index is 2.33. The molecular formula is C21H38O4. The molecule has 0 bridgehead atoms. The van der Waals surface area contributed by atoms with E-state index >= 15 is 0 Å². The molecule has 0 heterocycles. The summed E-state index contributed by atoms with van der Waals surface area (Å²) in [7, 11) is 0. The molecule has 1 rings (SSSR count). The van der Waals surface area contributed by atoms with Crippen molar-refractivity contribution in [2.24, 2.45) is 17.8 Å². The first-order valence-corrected chi connectivity index (χ1v) is 10.4. The quantitative estimate of drug-likeness (QED) is 0.353. The molecule has 1 aliphatic carbocycles. The minimum absolute atomic E-state index is 0.195. The van der Waals surface area contributed by atoms with Crippen molar-refractivity contribution in [2.45, 2.75) is 91.4 Å². The second kappa shape index (κ2) is 13.2. The van der Waals surface area contributed by atoms with E-state index in [-0.39, 0.29) is 23.8 Å². The van der Waals surface area contributed by atoms with Crippen molar-refractivity contribution in [1.82, 2.24) is 0 Å². The van der Waals surface area contributed by atoms with Gasteiger partial charge in [-0.1, -0.05) is 59.3 Å². The van der Waals surface area contributed by atoms with Crippen LogP contribution in [0, 0.1) is 17.8 Å². The SMILES string of the molecule is CCCCCCCOC(=O)C1CCCCC1C(=O)OCCCC(C)C. The van der Waals surface area contributed by atoms with Gasteiger partial charge < -0.3 is 9.47 Å². The summed E-state index contributed by atoms with van der Waals surface area (Å²) in [6.45, 7) is 7.46. The Hall–Kier alpha value is -1.06. The molecule has 1 saturated carbocycles. The van der Waals surface area contributed by atoms with Gasteiger partial charge in [0.25, 0.3) is 0 Å². The van der Waals surface area contributed by atoms with Crippen LogP contribution in [0.2, 0.25) is 0 Å². The van der Waals surface area contributed by atoms with Crippen LogP contribution in [0.25, 0.3) is 0 Å². The van der Waals surface area contributed by atoms with E-state index in [0.717, 1.165) is 51.4 Å². The lowest BCUT2D eigenvalue weighted by atomic mass is 9.79. The van der Waals surface area contributed by atoms with Crippen molar-refractivity contribution in [3.8, 4) is 0 Å². The number of esters is 2. The van der Waals surface area contributed by atoms with Crippen LogP contribution in [-0.2, 0) is 19.1 Å². The molecule has 0 aromatic heterocycles. The van der Waals surface area contributed by atoms with E-state index in [2.05, 4.69) is 20.8 Å². The molecule has 2 atom stereocenters. The van der Waals surface area contributed by atoms with Gasteiger partial charge in [0.15, 0.2) is 0 Å². The smallest absolute Gasteiger partial charge is 0.309 e. The van der Waals surface area contributed by atoms with Gasteiger partial charge in [-0.25, -0.2) is 0 Å². The average molecular weight is 355 g/mol. The Kier molecular flexibility index (Phi) is 11.6. The molecule has 2 unspecified atom stereocenters. The fourth-order valence-corrected chi connectivity index (χ4v) is 3.45. The van der Waals surface area contributed by atoms with Crippen LogP contribution in [0.1, 0.15) is 91.4 Å². The van der Waals surface area contributed by atoms with E-state index in [9.17, 15) is 9.59 Å². The van der Waals surface area contributed by atoms with Crippen LogP contribution >= 0.6 is 0 Å². The summed E-state index contributed by atoms with van der Waals surface area (Å²) in [4.78, 5) is 24.8. The molecule has 0 aliphatic heterocycles. The number of unbranched alkanes of at least 4 members (excludes halogenated alkanes) is 4. The molecule has 25 heavy (non-hydrogen) atoms. The van der Waals surface area contributed by atoms with Crippen molar-refractivity contribution < 1.29 is 19.1 Å². The lowest BCUT2D eigenvalue weighted by molar-refractivity contribution is -0.163. The maximum Gasteiger partial charge on any atom is 0.309 e. The molecule has 0 aromatic rings. The highest BCUT2D eigenvalue weighted by atomic mass is 16.5. The lowest BCUT2D eigenvalue weighted by Gasteiger charge is -2.28. The molecule has 0 N–H and O–H groups in total. The van der Waals surface area contributed by atoms with Crippen LogP contribution in [0.3, 0.4) is 0 Å². The summed E-state index contributed by atoms with van der Waals surface area (Å²) in [5.74, 6) is -0.386. The largest absolute Gasteiger partial charge is 0.465 e. The summed E-state index contributed by atoms with van der Waals surface area (Å²) in [6, 6.07) is 0. The van der Waals surface area contributed by atoms with Gasteiger partial charge in [0.1, 0.15) is 0 Å². The molecule has 0 amide bonds. The minimum Gasteiger partial charge on any atom is -0.465 e. The highest BCUT2D eigenvalue weighted by molar-refractivity contribution is 5.82. The molecule has 1 fully saturated rings. The number of carbonyl (C=O) groups excluding carboxylic acids is 2. The Labute approximate surface area is 154 Å². The van der Waals surface area contributed by atoms with E-state index in [0.29, 0.717) is 19.1 Å². The van der Waals surface area contributed by atoms with Gasteiger partial charge in [0, 0.05) is 0 Å². The predicted molar refractivity (Wildman–Crippen MR) is 100 cm³/mol. The average Bonchev–Trinajstić information content (AvgIpc) is 2.61. The maximum atomic E-state index is 12.4. The predicted octanol–water partition coefficient (Wildman–Crippen LogP) is 5.29.